The zero-order valence-electron chi connectivity index (χ0n) is 18.8. The van der Waals surface area contributed by atoms with Crippen molar-refractivity contribution in [3.63, 3.8) is 0 Å². The van der Waals surface area contributed by atoms with Gasteiger partial charge in [0, 0.05) is 11.4 Å². The van der Waals surface area contributed by atoms with E-state index in [1.807, 2.05) is 29.0 Å². The van der Waals surface area contributed by atoms with Gasteiger partial charge in [0.15, 0.2) is 11.0 Å². The first-order chi connectivity index (χ1) is 15.3. The van der Waals surface area contributed by atoms with Crippen LogP contribution in [0, 0.1) is 22.7 Å². The molecule has 32 heavy (non-hydrogen) atoms. The second kappa shape index (κ2) is 9.38. The maximum atomic E-state index is 12.7. The molecule has 0 saturated heterocycles. The number of carbonyl (C=O) groups is 1. The van der Waals surface area contributed by atoms with Crippen molar-refractivity contribution in [1.29, 1.82) is 5.26 Å². The van der Waals surface area contributed by atoms with E-state index in [-0.39, 0.29) is 17.1 Å². The third-order valence-corrected chi connectivity index (χ3v) is 8.96. The molecule has 6 nitrogen and oxygen atoms in total. The van der Waals surface area contributed by atoms with E-state index in [0.29, 0.717) is 16.5 Å². The molecule has 1 unspecified atom stereocenters. The van der Waals surface area contributed by atoms with Gasteiger partial charge in [-0.25, -0.2) is 0 Å². The van der Waals surface area contributed by atoms with Crippen LogP contribution in [-0.4, -0.2) is 26.4 Å². The Hall–Kier alpha value is -2.15. The fraction of sp³-hybridized carbons (Fsp3) is 0.478. The number of amides is 1. The van der Waals surface area contributed by atoms with E-state index in [0.717, 1.165) is 47.2 Å². The quantitative estimate of drug-likeness (QED) is 0.443. The van der Waals surface area contributed by atoms with Crippen LogP contribution in [-0.2, 0) is 24.2 Å². The number of fused-ring (bicyclic) bond motifs is 1. The molecule has 0 aliphatic heterocycles. The summed E-state index contributed by atoms with van der Waals surface area (Å²) >= 11 is 4.57. The lowest BCUT2D eigenvalue weighted by Crippen LogP contribution is -2.26. The van der Waals surface area contributed by atoms with E-state index in [9.17, 15) is 10.1 Å². The topological polar surface area (TPSA) is 83.6 Å². The van der Waals surface area contributed by atoms with Crippen LogP contribution in [0.25, 0.3) is 10.7 Å². The number of nitrogens with zero attached hydrogens (tertiary/aromatic N) is 4. The number of nitrogens with one attached hydrogen (secondary N) is 1. The Morgan fingerprint density at radius 1 is 1.41 bits per heavy atom. The Morgan fingerprint density at radius 3 is 2.88 bits per heavy atom. The number of thioether (sulfide) groups is 1. The van der Waals surface area contributed by atoms with Crippen LogP contribution in [0.5, 0.6) is 0 Å². The summed E-state index contributed by atoms with van der Waals surface area (Å²) in [6.07, 6.45) is 2.98. The molecule has 0 bridgehead atoms. The minimum atomic E-state index is -0.124. The Morgan fingerprint density at radius 2 is 2.22 bits per heavy atom. The minimum Gasteiger partial charge on any atom is -0.316 e. The Kier molecular flexibility index (Phi) is 6.75. The van der Waals surface area contributed by atoms with E-state index in [1.54, 1.807) is 22.7 Å². The van der Waals surface area contributed by atoms with E-state index in [2.05, 4.69) is 42.4 Å². The molecule has 1 aliphatic carbocycles. The maximum Gasteiger partial charge on any atom is 0.235 e. The number of carbonyl (C=O) groups excluding carboxylic acids is 1. The predicted octanol–water partition coefficient (Wildman–Crippen LogP) is 5.84. The van der Waals surface area contributed by atoms with Crippen molar-refractivity contribution in [3.05, 3.63) is 33.5 Å². The smallest absolute Gasteiger partial charge is 0.235 e. The number of rotatable bonds is 6. The maximum absolute atomic E-state index is 12.7. The first-order valence-corrected chi connectivity index (χ1v) is 13.4. The highest BCUT2D eigenvalue weighted by atomic mass is 32.2. The van der Waals surface area contributed by atoms with Gasteiger partial charge in [-0.3, -0.25) is 4.79 Å². The molecule has 9 heteroatoms. The molecule has 168 valence electrons. The van der Waals surface area contributed by atoms with Crippen molar-refractivity contribution in [2.75, 3.05) is 11.1 Å². The molecule has 1 N–H and O–H groups in total. The molecular formula is C23H27N5OS3. The minimum absolute atomic E-state index is 0.124. The summed E-state index contributed by atoms with van der Waals surface area (Å²) in [5.41, 5.74) is 2.02. The molecule has 3 heterocycles. The molecule has 1 amide bonds. The first-order valence-electron chi connectivity index (χ1n) is 10.8. The zero-order valence-corrected chi connectivity index (χ0v) is 21.2. The van der Waals surface area contributed by atoms with Gasteiger partial charge in [0.05, 0.1) is 16.2 Å². The van der Waals surface area contributed by atoms with E-state index in [1.165, 1.54) is 16.6 Å². The van der Waals surface area contributed by atoms with Crippen LogP contribution in [0.4, 0.5) is 5.00 Å². The fourth-order valence-corrected chi connectivity index (χ4v) is 6.91. The van der Waals surface area contributed by atoms with Crippen LogP contribution in [0.2, 0.25) is 0 Å². The number of aromatic nitrogens is 3. The second-order valence-corrected chi connectivity index (χ2v) is 12.0. The van der Waals surface area contributed by atoms with Gasteiger partial charge in [-0.15, -0.1) is 32.9 Å². The lowest BCUT2D eigenvalue weighted by molar-refractivity contribution is -0.113. The number of thiophene rings is 2. The number of anilines is 1. The van der Waals surface area contributed by atoms with Crippen LogP contribution in [0.3, 0.4) is 0 Å². The summed E-state index contributed by atoms with van der Waals surface area (Å²) in [5.74, 6) is 1.52. The number of hydrogen-bond donors (Lipinski definition) is 1. The molecule has 3 aromatic heterocycles. The average Bonchev–Trinajstić information content (AvgIpc) is 3.48. The van der Waals surface area contributed by atoms with E-state index < -0.39 is 0 Å². The summed E-state index contributed by atoms with van der Waals surface area (Å²) in [7, 11) is 0. The summed E-state index contributed by atoms with van der Waals surface area (Å²) < 4.78 is 2.03. The van der Waals surface area contributed by atoms with Crippen LogP contribution >= 0.6 is 34.4 Å². The number of hydrogen-bond acceptors (Lipinski definition) is 7. The third-order valence-electron chi connectivity index (χ3n) is 5.96. The SMILES string of the molecule is CCn1c(SCC(=O)Nc2sc3c(c2C#N)CCC(C(C)(C)C)C3)nnc1-c1cccs1. The zero-order chi connectivity index (χ0) is 22.9. The average molecular weight is 486 g/mol. The molecule has 0 saturated carbocycles. The van der Waals surface area contributed by atoms with Gasteiger partial charge < -0.3 is 9.88 Å². The van der Waals surface area contributed by atoms with Crippen LogP contribution in [0.1, 0.15) is 50.1 Å². The molecule has 1 aliphatic rings. The predicted molar refractivity (Wildman–Crippen MR) is 132 cm³/mol. The number of nitriles is 1. The van der Waals surface area contributed by atoms with Gasteiger partial charge in [-0.2, -0.15) is 5.26 Å². The summed E-state index contributed by atoms with van der Waals surface area (Å²) in [6.45, 7) is 9.61. The highest BCUT2D eigenvalue weighted by Gasteiger charge is 2.32. The van der Waals surface area contributed by atoms with E-state index >= 15 is 0 Å². The molecule has 0 spiro atoms. The monoisotopic (exact) mass is 485 g/mol. The van der Waals surface area contributed by atoms with Gasteiger partial charge in [0.25, 0.3) is 0 Å². The third kappa shape index (κ3) is 4.63. The molecule has 0 aromatic carbocycles. The van der Waals surface area contributed by atoms with Gasteiger partial charge in [-0.05, 0) is 54.5 Å². The van der Waals surface area contributed by atoms with Crippen molar-refractivity contribution < 1.29 is 4.79 Å². The highest BCUT2D eigenvalue weighted by molar-refractivity contribution is 7.99. The highest BCUT2D eigenvalue weighted by Crippen LogP contribution is 2.44. The van der Waals surface area contributed by atoms with Crippen molar-refractivity contribution in [2.45, 2.75) is 58.7 Å². The molecule has 3 aromatic rings. The summed E-state index contributed by atoms with van der Waals surface area (Å²) in [6, 6.07) is 6.35. The van der Waals surface area contributed by atoms with Crippen molar-refractivity contribution in [1.82, 2.24) is 14.8 Å². The van der Waals surface area contributed by atoms with Gasteiger partial charge in [-0.1, -0.05) is 38.6 Å². The first kappa shape index (κ1) is 23.0. The van der Waals surface area contributed by atoms with Crippen LogP contribution < -0.4 is 5.32 Å². The summed E-state index contributed by atoms with van der Waals surface area (Å²) in [5, 5.41) is 24.8. The molecule has 0 fully saturated rings. The van der Waals surface area contributed by atoms with Gasteiger partial charge in [0.1, 0.15) is 11.1 Å². The van der Waals surface area contributed by atoms with Gasteiger partial charge in [0.2, 0.25) is 5.91 Å². The second-order valence-electron chi connectivity index (χ2n) is 8.99. The van der Waals surface area contributed by atoms with E-state index in [4.69, 9.17) is 0 Å². The normalized spacial score (nSPS) is 15.9. The molecule has 0 radical (unpaired) electrons. The Bertz CT molecular complexity index is 1150. The fourth-order valence-electron chi connectivity index (χ4n) is 4.09. The summed E-state index contributed by atoms with van der Waals surface area (Å²) in [4.78, 5) is 15.0. The van der Waals surface area contributed by atoms with Crippen molar-refractivity contribution in [3.8, 4) is 16.8 Å². The largest absolute Gasteiger partial charge is 0.316 e. The Labute approximate surface area is 201 Å². The van der Waals surface area contributed by atoms with Crippen LogP contribution in [0.15, 0.2) is 22.7 Å². The van der Waals surface area contributed by atoms with Crippen molar-refractivity contribution in [2.24, 2.45) is 11.3 Å². The molecule has 4 rings (SSSR count). The molecular weight excluding hydrogens is 458 g/mol. The molecule has 1 atom stereocenters. The lowest BCUT2D eigenvalue weighted by Gasteiger charge is -2.33. The lowest BCUT2D eigenvalue weighted by atomic mass is 9.72. The standard InChI is InChI=1S/C23H27N5OS3/c1-5-28-20(17-7-6-10-30-17)26-27-22(28)31-13-19(29)25-21-16(12-24)15-9-8-14(23(2,3)4)11-18(15)32-21/h6-7,10,14H,5,8-9,11,13H2,1-4H3,(H,25,29). The van der Waals surface area contributed by atoms with Gasteiger partial charge >= 0.3 is 0 Å². The Balaban J connectivity index is 1.45. The van der Waals surface area contributed by atoms with Crippen molar-refractivity contribution >= 4 is 45.3 Å².